The molecule has 5 nitrogen and oxygen atoms in total. The zero-order chi connectivity index (χ0) is 14.1. The maximum Gasteiger partial charge on any atom is 0.210 e. The van der Waals surface area contributed by atoms with E-state index >= 15 is 0 Å². The van der Waals surface area contributed by atoms with E-state index in [4.69, 9.17) is 4.74 Å². The highest BCUT2D eigenvalue weighted by Crippen LogP contribution is 2.23. The SMILES string of the molecule is CC.COc1cc(C(C)C[N+](=O)[O-])ccc1C=O. The Bertz CT molecular complexity index is 404. The van der Waals surface area contributed by atoms with Gasteiger partial charge in [-0.3, -0.25) is 14.9 Å². The van der Waals surface area contributed by atoms with Crippen molar-refractivity contribution in [3.8, 4) is 5.75 Å². The molecule has 0 aliphatic carbocycles. The van der Waals surface area contributed by atoms with E-state index in [0.717, 1.165) is 5.56 Å². The highest BCUT2D eigenvalue weighted by molar-refractivity contribution is 5.79. The lowest BCUT2D eigenvalue weighted by Gasteiger charge is -2.10. The lowest BCUT2D eigenvalue weighted by molar-refractivity contribution is -0.482. The Morgan fingerprint density at radius 2 is 2.06 bits per heavy atom. The molecule has 0 aliphatic rings. The minimum absolute atomic E-state index is 0.135. The summed E-state index contributed by atoms with van der Waals surface area (Å²) in [7, 11) is 1.46. The lowest BCUT2D eigenvalue weighted by atomic mass is 9.99. The molecule has 5 heteroatoms. The summed E-state index contributed by atoms with van der Waals surface area (Å²) in [5, 5.41) is 10.4. The smallest absolute Gasteiger partial charge is 0.210 e. The largest absolute Gasteiger partial charge is 0.496 e. The molecule has 0 saturated heterocycles. The Morgan fingerprint density at radius 3 is 2.50 bits per heavy atom. The fraction of sp³-hybridized carbons (Fsp3) is 0.462. The molecule has 1 atom stereocenters. The van der Waals surface area contributed by atoms with Gasteiger partial charge < -0.3 is 4.74 Å². The van der Waals surface area contributed by atoms with Crippen molar-refractivity contribution in [3.05, 3.63) is 39.4 Å². The molecule has 0 spiro atoms. The standard InChI is InChI=1S/C11H13NO4.C2H6/c1-8(6-12(14)15)9-3-4-10(7-13)11(5-9)16-2;1-2/h3-5,7-8H,6H2,1-2H3;1-2H3. The fourth-order valence-corrected chi connectivity index (χ4v) is 1.46. The number of ether oxygens (including phenoxy) is 1. The third-order valence-electron chi connectivity index (χ3n) is 2.38. The Balaban J connectivity index is 0.00000137. The maximum absolute atomic E-state index is 10.7. The van der Waals surface area contributed by atoms with Gasteiger partial charge in [0.05, 0.1) is 12.7 Å². The minimum Gasteiger partial charge on any atom is -0.496 e. The number of carbonyl (C=O) groups excluding carboxylic acids is 1. The van der Waals surface area contributed by atoms with Crippen LogP contribution < -0.4 is 4.74 Å². The molecule has 100 valence electrons. The molecule has 0 saturated carbocycles. The first-order valence-corrected chi connectivity index (χ1v) is 5.83. The quantitative estimate of drug-likeness (QED) is 0.459. The predicted octanol–water partition coefficient (Wildman–Crippen LogP) is 2.91. The van der Waals surface area contributed by atoms with Gasteiger partial charge in [0.1, 0.15) is 5.75 Å². The number of nitrogens with zero attached hydrogens (tertiary/aromatic N) is 1. The van der Waals surface area contributed by atoms with Crippen molar-refractivity contribution in [2.24, 2.45) is 0 Å². The summed E-state index contributed by atoms with van der Waals surface area (Å²) in [6.45, 7) is 5.63. The maximum atomic E-state index is 10.7. The number of aldehydes is 1. The summed E-state index contributed by atoms with van der Waals surface area (Å²) >= 11 is 0. The van der Waals surface area contributed by atoms with E-state index in [0.29, 0.717) is 17.6 Å². The number of carbonyl (C=O) groups is 1. The van der Waals surface area contributed by atoms with Gasteiger partial charge >= 0.3 is 0 Å². The van der Waals surface area contributed by atoms with Gasteiger partial charge in [0.15, 0.2) is 6.29 Å². The van der Waals surface area contributed by atoms with Crippen molar-refractivity contribution >= 4 is 6.29 Å². The first-order chi connectivity index (χ1) is 8.58. The molecular formula is C13H19NO4. The van der Waals surface area contributed by atoms with Crippen molar-refractivity contribution in [1.82, 2.24) is 0 Å². The summed E-state index contributed by atoms with van der Waals surface area (Å²) in [5.74, 6) is 0.243. The molecule has 0 bridgehead atoms. The van der Waals surface area contributed by atoms with Gasteiger partial charge in [-0.15, -0.1) is 0 Å². The second-order valence-corrected chi connectivity index (χ2v) is 3.54. The van der Waals surface area contributed by atoms with Gasteiger partial charge in [0.25, 0.3) is 0 Å². The summed E-state index contributed by atoms with van der Waals surface area (Å²) < 4.78 is 5.03. The first kappa shape index (κ1) is 16.1. The molecule has 1 unspecified atom stereocenters. The fourth-order valence-electron chi connectivity index (χ4n) is 1.46. The highest BCUT2D eigenvalue weighted by atomic mass is 16.6. The molecule has 1 aromatic carbocycles. The third kappa shape index (κ3) is 4.53. The van der Waals surface area contributed by atoms with Crippen LogP contribution in [0, 0.1) is 10.1 Å². The van der Waals surface area contributed by atoms with Crippen molar-refractivity contribution in [3.63, 3.8) is 0 Å². The zero-order valence-electron chi connectivity index (χ0n) is 11.2. The molecule has 0 heterocycles. The molecule has 0 N–H and O–H groups in total. The van der Waals surface area contributed by atoms with Crippen LogP contribution in [-0.2, 0) is 0 Å². The van der Waals surface area contributed by atoms with Crippen molar-refractivity contribution in [2.75, 3.05) is 13.7 Å². The second kappa shape index (κ2) is 8.22. The third-order valence-corrected chi connectivity index (χ3v) is 2.38. The van der Waals surface area contributed by atoms with Crippen LogP contribution in [0.3, 0.4) is 0 Å². The van der Waals surface area contributed by atoms with Crippen LogP contribution in [0.15, 0.2) is 18.2 Å². The topological polar surface area (TPSA) is 69.4 Å². The Labute approximate surface area is 107 Å². The van der Waals surface area contributed by atoms with Crippen LogP contribution >= 0.6 is 0 Å². The Hall–Kier alpha value is -1.91. The summed E-state index contributed by atoms with van der Waals surface area (Å²) in [6.07, 6.45) is 0.695. The molecule has 1 aromatic rings. The first-order valence-electron chi connectivity index (χ1n) is 5.83. The van der Waals surface area contributed by atoms with Crippen LogP contribution in [0.2, 0.25) is 0 Å². The summed E-state index contributed by atoms with van der Waals surface area (Å²) in [4.78, 5) is 20.7. The Kier molecular flexibility index (Phi) is 7.35. The van der Waals surface area contributed by atoms with Gasteiger partial charge in [-0.25, -0.2) is 0 Å². The van der Waals surface area contributed by atoms with E-state index in [1.54, 1.807) is 25.1 Å². The summed E-state index contributed by atoms with van der Waals surface area (Å²) in [6, 6.07) is 4.98. The van der Waals surface area contributed by atoms with E-state index in [1.165, 1.54) is 7.11 Å². The van der Waals surface area contributed by atoms with E-state index < -0.39 is 0 Å². The normalized spacial score (nSPS) is 10.9. The molecule has 1 rings (SSSR count). The zero-order valence-corrected chi connectivity index (χ0v) is 11.2. The van der Waals surface area contributed by atoms with Crippen molar-refractivity contribution in [2.45, 2.75) is 26.7 Å². The van der Waals surface area contributed by atoms with E-state index in [1.807, 2.05) is 13.8 Å². The summed E-state index contributed by atoms with van der Waals surface area (Å²) in [5.41, 5.74) is 1.23. The van der Waals surface area contributed by atoms with Crippen LogP contribution in [0.5, 0.6) is 5.75 Å². The van der Waals surface area contributed by atoms with Crippen molar-refractivity contribution in [1.29, 1.82) is 0 Å². The van der Waals surface area contributed by atoms with Gasteiger partial charge in [-0.2, -0.15) is 0 Å². The molecule has 0 radical (unpaired) electrons. The number of hydrogen-bond acceptors (Lipinski definition) is 4. The average molecular weight is 253 g/mol. The molecule has 0 fully saturated rings. The van der Waals surface area contributed by atoms with Crippen molar-refractivity contribution < 1.29 is 14.5 Å². The van der Waals surface area contributed by atoms with Crippen LogP contribution in [0.4, 0.5) is 0 Å². The number of benzene rings is 1. The van der Waals surface area contributed by atoms with E-state index in [2.05, 4.69) is 0 Å². The van der Waals surface area contributed by atoms with Gasteiger partial charge in [-0.1, -0.05) is 26.8 Å². The number of hydrogen-bond donors (Lipinski definition) is 0. The number of methoxy groups -OCH3 is 1. The molecule has 0 aliphatic heterocycles. The monoisotopic (exact) mass is 253 g/mol. The minimum atomic E-state index is -0.356. The molecule has 0 aromatic heterocycles. The van der Waals surface area contributed by atoms with E-state index in [-0.39, 0.29) is 17.4 Å². The average Bonchev–Trinajstić information content (AvgIpc) is 2.39. The molecule has 18 heavy (non-hydrogen) atoms. The van der Waals surface area contributed by atoms with Crippen LogP contribution in [0.1, 0.15) is 42.6 Å². The highest BCUT2D eigenvalue weighted by Gasteiger charge is 2.14. The number of rotatable bonds is 5. The molecule has 0 amide bonds. The van der Waals surface area contributed by atoms with Crippen LogP contribution in [0.25, 0.3) is 0 Å². The lowest BCUT2D eigenvalue weighted by Crippen LogP contribution is -2.09. The second-order valence-electron chi connectivity index (χ2n) is 3.54. The van der Waals surface area contributed by atoms with Gasteiger partial charge in [0, 0.05) is 10.8 Å². The Morgan fingerprint density at radius 1 is 1.44 bits per heavy atom. The van der Waals surface area contributed by atoms with Gasteiger partial charge in [-0.05, 0) is 17.7 Å². The van der Waals surface area contributed by atoms with Gasteiger partial charge in [0.2, 0.25) is 6.54 Å². The molecular weight excluding hydrogens is 234 g/mol. The predicted molar refractivity (Wildman–Crippen MR) is 70.0 cm³/mol. The number of nitro groups is 1. The van der Waals surface area contributed by atoms with Crippen LogP contribution in [-0.4, -0.2) is 24.9 Å². The van der Waals surface area contributed by atoms with E-state index in [9.17, 15) is 14.9 Å².